The third kappa shape index (κ3) is 3.94. The molecule has 0 heterocycles. The van der Waals surface area contributed by atoms with E-state index in [9.17, 15) is 0 Å². The van der Waals surface area contributed by atoms with Gasteiger partial charge in [-0.05, 0) is 49.1 Å². The number of hydrogen-bond acceptors (Lipinski definition) is 3. The summed E-state index contributed by atoms with van der Waals surface area (Å²) < 4.78 is 12.4. The molecule has 2 N–H and O–H groups in total. The van der Waals surface area contributed by atoms with Crippen LogP contribution in [0, 0.1) is 5.92 Å². The van der Waals surface area contributed by atoms with Gasteiger partial charge in [0.05, 0.1) is 19.8 Å². The summed E-state index contributed by atoms with van der Waals surface area (Å²) in [5, 5.41) is 0. The van der Waals surface area contributed by atoms with Crippen LogP contribution < -0.4 is 10.5 Å². The zero-order chi connectivity index (χ0) is 13.7. The standard InChI is InChI=1S/C15H22BrNO2/c1-18-13-6-7-14(16)12(8-13)10-19-15-5-3-2-4-11(15)9-17/h6-8,11,15H,2-5,9-10,17H2,1H3. The van der Waals surface area contributed by atoms with Crippen molar-refractivity contribution in [2.45, 2.75) is 38.4 Å². The molecule has 19 heavy (non-hydrogen) atoms. The van der Waals surface area contributed by atoms with E-state index in [1.54, 1.807) is 7.11 Å². The zero-order valence-electron chi connectivity index (χ0n) is 11.4. The van der Waals surface area contributed by atoms with Crippen molar-refractivity contribution < 1.29 is 9.47 Å². The molecule has 0 spiro atoms. The molecule has 0 aromatic heterocycles. The number of methoxy groups -OCH3 is 1. The second-order valence-corrected chi connectivity index (χ2v) is 5.94. The van der Waals surface area contributed by atoms with Crippen molar-refractivity contribution in [1.82, 2.24) is 0 Å². The average Bonchev–Trinajstić information content (AvgIpc) is 2.46. The Kier molecular flexibility index (Phi) is 5.67. The lowest BCUT2D eigenvalue weighted by Gasteiger charge is -2.30. The van der Waals surface area contributed by atoms with E-state index in [4.69, 9.17) is 15.2 Å². The quantitative estimate of drug-likeness (QED) is 0.900. The highest BCUT2D eigenvalue weighted by Gasteiger charge is 2.24. The first-order valence-corrected chi connectivity index (χ1v) is 7.68. The van der Waals surface area contributed by atoms with Crippen molar-refractivity contribution in [2.75, 3.05) is 13.7 Å². The van der Waals surface area contributed by atoms with E-state index in [1.807, 2.05) is 18.2 Å². The minimum absolute atomic E-state index is 0.303. The van der Waals surface area contributed by atoms with E-state index in [-0.39, 0.29) is 0 Å². The van der Waals surface area contributed by atoms with Gasteiger partial charge in [0.15, 0.2) is 0 Å². The van der Waals surface area contributed by atoms with Crippen LogP contribution in [0.25, 0.3) is 0 Å². The molecule has 0 amide bonds. The van der Waals surface area contributed by atoms with Gasteiger partial charge in [0.2, 0.25) is 0 Å². The van der Waals surface area contributed by atoms with Crippen LogP contribution in [0.2, 0.25) is 0 Å². The summed E-state index contributed by atoms with van der Waals surface area (Å²) in [6.07, 6.45) is 5.16. The van der Waals surface area contributed by atoms with E-state index in [0.717, 1.165) is 28.8 Å². The lowest BCUT2D eigenvalue weighted by Crippen LogP contribution is -2.33. The van der Waals surface area contributed by atoms with Crippen LogP contribution in [0.15, 0.2) is 22.7 Å². The van der Waals surface area contributed by atoms with Gasteiger partial charge in [-0.1, -0.05) is 28.8 Å². The largest absolute Gasteiger partial charge is 0.497 e. The topological polar surface area (TPSA) is 44.5 Å². The summed E-state index contributed by atoms with van der Waals surface area (Å²) in [5.41, 5.74) is 6.95. The maximum atomic E-state index is 6.09. The van der Waals surface area contributed by atoms with Gasteiger partial charge in [0, 0.05) is 4.47 Å². The Bertz CT molecular complexity index is 411. The predicted octanol–water partition coefficient (Wildman–Crippen LogP) is 3.49. The van der Waals surface area contributed by atoms with Gasteiger partial charge in [-0.15, -0.1) is 0 Å². The van der Waals surface area contributed by atoms with Crippen molar-refractivity contribution in [1.29, 1.82) is 0 Å². The molecule has 1 aromatic rings. The summed E-state index contributed by atoms with van der Waals surface area (Å²) in [6.45, 7) is 1.34. The summed E-state index contributed by atoms with van der Waals surface area (Å²) in [6, 6.07) is 5.96. The van der Waals surface area contributed by atoms with Crippen molar-refractivity contribution >= 4 is 15.9 Å². The average molecular weight is 328 g/mol. The second kappa shape index (κ2) is 7.27. The Hall–Kier alpha value is -0.580. The van der Waals surface area contributed by atoms with E-state index in [1.165, 1.54) is 19.3 Å². The number of hydrogen-bond donors (Lipinski definition) is 1. The van der Waals surface area contributed by atoms with Crippen molar-refractivity contribution in [3.63, 3.8) is 0 Å². The molecule has 1 saturated carbocycles. The van der Waals surface area contributed by atoms with Gasteiger partial charge in [0.25, 0.3) is 0 Å². The summed E-state index contributed by atoms with van der Waals surface area (Å²) in [4.78, 5) is 0. The molecule has 2 unspecified atom stereocenters. The van der Waals surface area contributed by atoms with E-state index >= 15 is 0 Å². The van der Waals surface area contributed by atoms with Gasteiger partial charge in [-0.2, -0.15) is 0 Å². The molecule has 1 fully saturated rings. The number of rotatable bonds is 5. The van der Waals surface area contributed by atoms with Crippen LogP contribution in [0.5, 0.6) is 5.75 Å². The van der Waals surface area contributed by atoms with Gasteiger partial charge in [-0.25, -0.2) is 0 Å². The third-order valence-corrected chi connectivity index (χ3v) is 4.62. The lowest BCUT2D eigenvalue weighted by atomic mass is 9.86. The Balaban J connectivity index is 1.97. The highest BCUT2D eigenvalue weighted by atomic mass is 79.9. The first-order valence-electron chi connectivity index (χ1n) is 6.88. The molecule has 0 saturated heterocycles. The van der Waals surface area contributed by atoms with E-state index < -0.39 is 0 Å². The third-order valence-electron chi connectivity index (χ3n) is 3.85. The zero-order valence-corrected chi connectivity index (χ0v) is 13.0. The number of ether oxygens (including phenoxy) is 2. The molecule has 3 nitrogen and oxygen atoms in total. The smallest absolute Gasteiger partial charge is 0.119 e. The van der Waals surface area contributed by atoms with Crippen molar-refractivity contribution in [3.8, 4) is 5.75 Å². The summed E-state index contributed by atoms with van der Waals surface area (Å²) in [5.74, 6) is 1.37. The Labute approximate surface area is 123 Å². The normalized spacial score (nSPS) is 23.3. The molecular formula is C15H22BrNO2. The van der Waals surface area contributed by atoms with Crippen molar-refractivity contribution in [3.05, 3.63) is 28.2 Å². The highest BCUT2D eigenvalue weighted by molar-refractivity contribution is 9.10. The summed E-state index contributed by atoms with van der Waals surface area (Å²) in [7, 11) is 1.68. The van der Waals surface area contributed by atoms with Crippen LogP contribution in [0.4, 0.5) is 0 Å². The van der Waals surface area contributed by atoms with Crippen LogP contribution in [-0.2, 0) is 11.3 Å². The molecule has 0 aliphatic heterocycles. The molecule has 0 radical (unpaired) electrons. The monoisotopic (exact) mass is 327 g/mol. The maximum Gasteiger partial charge on any atom is 0.119 e. The molecular weight excluding hydrogens is 306 g/mol. The van der Waals surface area contributed by atoms with E-state index in [2.05, 4.69) is 15.9 Å². The second-order valence-electron chi connectivity index (χ2n) is 5.09. The maximum absolute atomic E-state index is 6.09. The minimum atomic E-state index is 0.303. The summed E-state index contributed by atoms with van der Waals surface area (Å²) >= 11 is 3.56. The number of halogens is 1. The van der Waals surface area contributed by atoms with Crippen LogP contribution in [0.3, 0.4) is 0 Å². The van der Waals surface area contributed by atoms with Gasteiger partial charge in [0.1, 0.15) is 5.75 Å². The van der Waals surface area contributed by atoms with Gasteiger partial charge in [-0.3, -0.25) is 0 Å². The molecule has 106 valence electrons. The Morgan fingerprint density at radius 3 is 2.84 bits per heavy atom. The molecule has 1 aliphatic rings. The number of nitrogens with two attached hydrogens (primary N) is 1. The molecule has 2 rings (SSSR count). The van der Waals surface area contributed by atoms with Gasteiger partial charge < -0.3 is 15.2 Å². The van der Waals surface area contributed by atoms with Crippen LogP contribution in [-0.4, -0.2) is 19.8 Å². The fourth-order valence-corrected chi connectivity index (χ4v) is 3.01. The highest BCUT2D eigenvalue weighted by Crippen LogP contribution is 2.29. The predicted molar refractivity (Wildman–Crippen MR) is 80.3 cm³/mol. The first kappa shape index (κ1) is 14.8. The Morgan fingerprint density at radius 2 is 2.11 bits per heavy atom. The molecule has 2 atom stereocenters. The molecule has 1 aliphatic carbocycles. The SMILES string of the molecule is COc1ccc(Br)c(COC2CCCCC2CN)c1. The first-order chi connectivity index (χ1) is 9.24. The van der Waals surface area contributed by atoms with Gasteiger partial charge >= 0.3 is 0 Å². The van der Waals surface area contributed by atoms with Crippen LogP contribution in [0.1, 0.15) is 31.2 Å². The fourth-order valence-electron chi connectivity index (χ4n) is 2.65. The number of benzene rings is 1. The van der Waals surface area contributed by atoms with Crippen molar-refractivity contribution in [2.24, 2.45) is 11.7 Å². The van der Waals surface area contributed by atoms with Crippen LogP contribution >= 0.6 is 15.9 Å². The lowest BCUT2D eigenvalue weighted by molar-refractivity contribution is -0.0185. The fraction of sp³-hybridized carbons (Fsp3) is 0.600. The van der Waals surface area contributed by atoms with E-state index in [0.29, 0.717) is 18.6 Å². The Morgan fingerprint density at radius 1 is 1.32 bits per heavy atom. The molecule has 4 heteroatoms. The molecule has 0 bridgehead atoms. The molecule has 1 aromatic carbocycles. The minimum Gasteiger partial charge on any atom is -0.497 e.